The van der Waals surface area contributed by atoms with Gasteiger partial charge in [-0.05, 0) is 26.0 Å². The van der Waals surface area contributed by atoms with Crippen molar-refractivity contribution in [3.63, 3.8) is 0 Å². The van der Waals surface area contributed by atoms with Gasteiger partial charge < -0.3 is 0 Å². The van der Waals surface area contributed by atoms with E-state index in [-0.39, 0.29) is 5.91 Å². The average Bonchev–Trinajstić information content (AvgIpc) is 2.69. The van der Waals surface area contributed by atoms with Crippen LogP contribution in [0.3, 0.4) is 0 Å². The zero-order valence-corrected chi connectivity index (χ0v) is 10.6. The number of anilines is 1. The van der Waals surface area contributed by atoms with Crippen LogP contribution in [0.4, 0.5) is 5.69 Å². The van der Waals surface area contributed by atoms with Crippen LogP contribution in [0.1, 0.15) is 13.8 Å². The van der Waals surface area contributed by atoms with Crippen LogP contribution in [0, 0.1) is 0 Å². The molecular formula is C12H13N3OS. The molecule has 0 radical (unpaired) electrons. The molecule has 1 aliphatic heterocycles. The van der Waals surface area contributed by atoms with E-state index in [1.54, 1.807) is 4.90 Å². The van der Waals surface area contributed by atoms with Gasteiger partial charge in [0.25, 0.3) is 0 Å². The monoisotopic (exact) mass is 247 g/mol. The van der Waals surface area contributed by atoms with E-state index in [0.717, 1.165) is 11.4 Å². The fourth-order valence-corrected chi connectivity index (χ4v) is 2.23. The Morgan fingerprint density at radius 2 is 2.00 bits per heavy atom. The van der Waals surface area contributed by atoms with E-state index >= 15 is 0 Å². The van der Waals surface area contributed by atoms with Crippen LogP contribution in [-0.2, 0) is 4.79 Å². The van der Waals surface area contributed by atoms with Crippen molar-refractivity contribution in [1.29, 1.82) is 0 Å². The second-order valence-electron chi connectivity index (χ2n) is 3.78. The van der Waals surface area contributed by atoms with E-state index < -0.39 is 0 Å². The van der Waals surface area contributed by atoms with Crippen LogP contribution in [0.2, 0.25) is 0 Å². The van der Waals surface area contributed by atoms with E-state index in [1.807, 2.05) is 44.2 Å². The van der Waals surface area contributed by atoms with Gasteiger partial charge in [-0.3, -0.25) is 9.69 Å². The van der Waals surface area contributed by atoms with Gasteiger partial charge in [0.05, 0.1) is 11.4 Å². The first-order valence-corrected chi connectivity index (χ1v) is 6.26. The van der Waals surface area contributed by atoms with Crippen LogP contribution in [0.15, 0.2) is 40.5 Å². The lowest BCUT2D eigenvalue weighted by atomic mass is 10.3. The van der Waals surface area contributed by atoms with Gasteiger partial charge in [-0.1, -0.05) is 30.0 Å². The topological polar surface area (TPSA) is 45.0 Å². The molecule has 0 saturated carbocycles. The molecule has 5 heteroatoms. The number of thioether (sulfide) groups is 1. The first kappa shape index (κ1) is 11.9. The Bertz CT molecular complexity index is 478. The smallest absolute Gasteiger partial charge is 0.243 e. The molecule has 1 saturated heterocycles. The number of nitrogens with zero attached hydrogens (tertiary/aromatic N) is 3. The molecule has 4 nitrogen and oxygen atoms in total. The molecule has 88 valence electrons. The van der Waals surface area contributed by atoms with Gasteiger partial charge in [0.15, 0.2) is 5.17 Å². The molecule has 0 unspecified atom stereocenters. The van der Waals surface area contributed by atoms with Gasteiger partial charge in [0.2, 0.25) is 5.91 Å². The highest BCUT2D eigenvalue weighted by Gasteiger charge is 2.29. The summed E-state index contributed by atoms with van der Waals surface area (Å²) in [4.78, 5) is 13.4. The first-order chi connectivity index (χ1) is 8.18. The number of para-hydroxylation sites is 1. The minimum Gasteiger partial charge on any atom is -0.273 e. The van der Waals surface area contributed by atoms with Gasteiger partial charge in [-0.2, -0.15) is 5.10 Å². The van der Waals surface area contributed by atoms with E-state index in [9.17, 15) is 4.79 Å². The number of rotatable bonds is 2. The van der Waals surface area contributed by atoms with Gasteiger partial charge in [0, 0.05) is 5.71 Å². The van der Waals surface area contributed by atoms with Crippen LogP contribution in [-0.4, -0.2) is 22.5 Å². The summed E-state index contributed by atoms with van der Waals surface area (Å²) in [5.41, 5.74) is 1.70. The van der Waals surface area contributed by atoms with Gasteiger partial charge in [0.1, 0.15) is 0 Å². The van der Waals surface area contributed by atoms with Crippen LogP contribution < -0.4 is 4.90 Å². The van der Waals surface area contributed by atoms with Crippen LogP contribution >= 0.6 is 11.8 Å². The molecule has 1 heterocycles. The van der Waals surface area contributed by atoms with Gasteiger partial charge in [-0.25, -0.2) is 0 Å². The minimum atomic E-state index is 0.0453. The number of carbonyl (C=O) groups is 1. The molecule has 0 aliphatic carbocycles. The maximum Gasteiger partial charge on any atom is 0.243 e. The zero-order chi connectivity index (χ0) is 12.3. The third-order valence-electron chi connectivity index (χ3n) is 2.12. The Morgan fingerprint density at radius 1 is 1.29 bits per heavy atom. The Labute approximate surface area is 104 Å². The summed E-state index contributed by atoms with van der Waals surface area (Å²) in [6, 6.07) is 9.50. The fourth-order valence-electron chi connectivity index (χ4n) is 1.41. The average molecular weight is 247 g/mol. The molecule has 0 atom stereocenters. The van der Waals surface area contributed by atoms with E-state index in [1.165, 1.54) is 11.8 Å². The van der Waals surface area contributed by atoms with E-state index in [2.05, 4.69) is 10.2 Å². The highest BCUT2D eigenvalue weighted by molar-refractivity contribution is 8.15. The predicted octanol–water partition coefficient (Wildman–Crippen LogP) is 2.52. The van der Waals surface area contributed by atoms with Crippen molar-refractivity contribution in [2.75, 3.05) is 10.7 Å². The normalized spacial score (nSPS) is 17.6. The molecule has 2 rings (SSSR count). The number of amidine groups is 1. The van der Waals surface area contributed by atoms with E-state index in [0.29, 0.717) is 10.9 Å². The molecule has 1 fully saturated rings. The summed E-state index contributed by atoms with van der Waals surface area (Å²) >= 11 is 1.41. The molecule has 0 aromatic heterocycles. The predicted molar refractivity (Wildman–Crippen MR) is 72.6 cm³/mol. The molecular weight excluding hydrogens is 234 g/mol. The molecule has 17 heavy (non-hydrogen) atoms. The highest BCUT2D eigenvalue weighted by Crippen LogP contribution is 2.26. The van der Waals surface area contributed by atoms with Crippen molar-refractivity contribution in [3.05, 3.63) is 30.3 Å². The lowest BCUT2D eigenvalue weighted by Crippen LogP contribution is -2.28. The SMILES string of the molecule is CC(C)=N/N=C1/SCC(=O)N1c1ccccc1. The number of amides is 1. The maximum absolute atomic E-state index is 11.8. The number of benzene rings is 1. The largest absolute Gasteiger partial charge is 0.273 e. The second-order valence-corrected chi connectivity index (χ2v) is 4.73. The fraction of sp³-hybridized carbons (Fsp3) is 0.250. The van der Waals surface area contributed by atoms with Crippen molar-refractivity contribution in [2.45, 2.75) is 13.8 Å². The molecule has 1 aromatic rings. The van der Waals surface area contributed by atoms with Crippen molar-refractivity contribution in [1.82, 2.24) is 0 Å². The summed E-state index contributed by atoms with van der Waals surface area (Å²) in [6.45, 7) is 3.75. The van der Waals surface area contributed by atoms with Crippen LogP contribution in [0.5, 0.6) is 0 Å². The molecule has 1 aromatic carbocycles. The minimum absolute atomic E-state index is 0.0453. The van der Waals surface area contributed by atoms with Crippen molar-refractivity contribution in [2.24, 2.45) is 10.2 Å². The number of hydrogen-bond donors (Lipinski definition) is 0. The Hall–Kier alpha value is -1.62. The second kappa shape index (κ2) is 5.14. The van der Waals surface area contributed by atoms with E-state index in [4.69, 9.17) is 0 Å². The Morgan fingerprint density at radius 3 is 2.65 bits per heavy atom. The van der Waals surface area contributed by atoms with Crippen LogP contribution in [0.25, 0.3) is 0 Å². The number of hydrogen-bond acceptors (Lipinski definition) is 4. The molecule has 1 amide bonds. The van der Waals surface area contributed by atoms with Crippen molar-refractivity contribution >= 4 is 34.2 Å². The first-order valence-electron chi connectivity index (χ1n) is 5.28. The lowest BCUT2D eigenvalue weighted by Gasteiger charge is -2.14. The summed E-state index contributed by atoms with van der Waals surface area (Å²) in [7, 11) is 0. The summed E-state index contributed by atoms with van der Waals surface area (Å²) < 4.78 is 0. The third-order valence-corrected chi connectivity index (χ3v) is 3.03. The zero-order valence-electron chi connectivity index (χ0n) is 9.75. The third kappa shape index (κ3) is 2.74. The molecule has 1 aliphatic rings. The standard InChI is InChI=1S/C12H13N3OS/c1-9(2)13-14-12-15(11(16)8-17-12)10-6-4-3-5-7-10/h3-7H,8H2,1-2H3/b14-12+. The summed E-state index contributed by atoms with van der Waals surface area (Å²) in [6.07, 6.45) is 0. The number of carbonyl (C=O) groups excluding carboxylic acids is 1. The Balaban J connectivity index is 2.33. The molecule has 0 bridgehead atoms. The molecule has 0 N–H and O–H groups in total. The molecule has 0 spiro atoms. The van der Waals surface area contributed by atoms with Gasteiger partial charge in [-0.15, -0.1) is 5.10 Å². The quantitative estimate of drug-likeness (QED) is 0.595. The highest BCUT2D eigenvalue weighted by atomic mass is 32.2. The summed E-state index contributed by atoms with van der Waals surface area (Å²) in [5, 5.41) is 8.75. The maximum atomic E-state index is 11.8. The van der Waals surface area contributed by atoms with Crippen molar-refractivity contribution < 1.29 is 4.79 Å². The summed E-state index contributed by atoms with van der Waals surface area (Å²) in [5.74, 6) is 0.468. The lowest BCUT2D eigenvalue weighted by molar-refractivity contribution is -0.115. The van der Waals surface area contributed by atoms with Gasteiger partial charge >= 0.3 is 0 Å². The van der Waals surface area contributed by atoms with Crippen molar-refractivity contribution in [3.8, 4) is 0 Å². The Kier molecular flexibility index (Phi) is 3.58.